The molecule has 0 aliphatic carbocycles. The summed E-state index contributed by atoms with van der Waals surface area (Å²) in [5, 5.41) is 17.7. The summed E-state index contributed by atoms with van der Waals surface area (Å²) in [6.45, 7) is 0.113. The molecule has 0 bridgehead atoms. The molecule has 0 spiro atoms. The van der Waals surface area contributed by atoms with Crippen LogP contribution in [0.15, 0.2) is 18.2 Å². The number of aromatic hydroxyl groups is 1. The van der Waals surface area contributed by atoms with Crippen LogP contribution in [0.3, 0.4) is 0 Å². The normalized spacial score (nSPS) is 10.4. The molecule has 0 unspecified atom stereocenters. The van der Waals surface area contributed by atoms with E-state index in [9.17, 15) is 8.18 Å². The molecule has 18 heavy (non-hydrogen) atoms. The summed E-state index contributed by atoms with van der Waals surface area (Å²) >= 11 is -1.34. The van der Waals surface area contributed by atoms with Crippen LogP contribution in [0.4, 0.5) is 0 Å². The molecule has 0 aromatic heterocycles. The van der Waals surface area contributed by atoms with Crippen molar-refractivity contribution in [2.45, 2.75) is 0 Å². The van der Waals surface area contributed by atoms with Gasteiger partial charge in [0.1, 0.15) is 18.1 Å². The van der Waals surface area contributed by atoms with Crippen LogP contribution in [0, 0.1) is 3.57 Å². The Bertz CT molecular complexity index is 423. The van der Waals surface area contributed by atoms with Crippen molar-refractivity contribution in [1.29, 1.82) is 0 Å². The molecule has 0 aliphatic heterocycles. The Labute approximate surface area is 113 Å². The highest BCUT2D eigenvalue weighted by Crippen LogP contribution is 2.27. The first kappa shape index (κ1) is 17.4. The highest BCUT2D eigenvalue weighted by atomic mass is 127. The van der Waals surface area contributed by atoms with Gasteiger partial charge < -0.3 is 29.6 Å². The zero-order chi connectivity index (χ0) is 14.2. The maximum Gasteiger partial charge on any atom is 0.466 e. The van der Waals surface area contributed by atoms with Gasteiger partial charge in [0.15, 0.2) is 21.2 Å². The Balaban J connectivity index is 0.000000494. The molecule has 8 nitrogen and oxygen atoms in total. The van der Waals surface area contributed by atoms with E-state index in [-0.39, 0.29) is 19.0 Å². The largest absolute Gasteiger partial charge is 0.507 e. The lowest BCUT2D eigenvalue weighted by Crippen LogP contribution is -2.01. The van der Waals surface area contributed by atoms with Crippen molar-refractivity contribution in [3.8, 4) is 11.5 Å². The highest BCUT2D eigenvalue weighted by molar-refractivity contribution is 14.1. The van der Waals surface area contributed by atoms with E-state index in [0.29, 0.717) is 9.32 Å². The van der Waals surface area contributed by atoms with Crippen molar-refractivity contribution in [2.24, 2.45) is 0 Å². The van der Waals surface area contributed by atoms with E-state index in [2.05, 4.69) is 0 Å². The zero-order valence-corrected chi connectivity index (χ0v) is 12.0. The fourth-order valence-corrected chi connectivity index (χ4v) is 1.52. The molecule has 1 rings (SSSR count). The van der Waals surface area contributed by atoms with E-state index in [1.165, 1.54) is 6.07 Å². The van der Waals surface area contributed by atoms with Crippen molar-refractivity contribution < 1.29 is 37.3 Å². The van der Waals surface area contributed by atoms with Crippen molar-refractivity contribution in [3.63, 3.8) is 0 Å². The van der Waals surface area contributed by atoms with Crippen molar-refractivity contribution >= 4 is 29.0 Å². The molecule has 1 aromatic carbocycles. The molecule has 1 aromatic rings. The number of hydrogen-bond donors (Lipinski definition) is 5. The molecule has 0 aliphatic rings. The van der Waals surface area contributed by atoms with E-state index in [4.69, 9.17) is 29.1 Å². The van der Waals surface area contributed by atoms with Crippen LogP contribution < -0.4 is 4.74 Å². The van der Waals surface area contributed by atoms with Gasteiger partial charge >= 0.3 is 7.82 Å². The lowest BCUT2D eigenvalue weighted by Gasteiger charge is -2.04. The standard InChI is InChI=1S/C8H9IO4.H3O4P/c10-3-4-13-6-1-2-7(9-12)8(11)5-6;1-5(2,3)4/h1-2,5,10-11H,3-4H2;(H3,1,2,3,4). The first-order chi connectivity index (χ1) is 8.27. The molecule has 0 saturated carbocycles. The number of phenols is 1. The molecule has 0 amide bonds. The van der Waals surface area contributed by atoms with Gasteiger partial charge in [-0.15, -0.1) is 0 Å². The van der Waals surface area contributed by atoms with Crippen LogP contribution in [0.2, 0.25) is 0 Å². The van der Waals surface area contributed by atoms with E-state index >= 15 is 0 Å². The van der Waals surface area contributed by atoms with Gasteiger partial charge in [0, 0.05) is 6.07 Å². The quantitative estimate of drug-likeness (QED) is 0.363. The van der Waals surface area contributed by atoms with Crippen LogP contribution >= 0.6 is 29.0 Å². The van der Waals surface area contributed by atoms with Gasteiger partial charge in [-0.25, -0.2) is 4.57 Å². The fraction of sp³-hybridized carbons (Fsp3) is 0.250. The van der Waals surface area contributed by atoms with E-state index in [1.54, 1.807) is 12.1 Å². The summed E-state index contributed by atoms with van der Waals surface area (Å²) < 4.78 is 24.9. The second-order valence-electron chi connectivity index (χ2n) is 2.78. The van der Waals surface area contributed by atoms with Gasteiger partial charge in [0.25, 0.3) is 0 Å². The Morgan fingerprint density at radius 3 is 2.22 bits per heavy atom. The lowest BCUT2D eigenvalue weighted by atomic mass is 10.3. The van der Waals surface area contributed by atoms with Gasteiger partial charge in [-0.1, -0.05) is 0 Å². The second kappa shape index (κ2) is 8.51. The van der Waals surface area contributed by atoms with Crippen LogP contribution in [0.25, 0.3) is 0 Å². The summed E-state index contributed by atoms with van der Waals surface area (Å²) in [5.41, 5.74) is 0. The van der Waals surface area contributed by atoms with Gasteiger partial charge in [-0.3, -0.25) is 3.07 Å². The second-order valence-corrected chi connectivity index (χ2v) is 5.40. The summed E-state index contributed by atoms with van der Waals surface area (Å²) in [7, 11) is -4.64. The molecule has 10 heteroatoms. The maximum absolute atomic E-state index is 10.5. The predicted octanol–water partition coefficient (Wildman–Crippen LogP) is 0.320. The van der Waals surface area contributed by atoms with Gasteiger partial charge in [0.2, 0.25) is 0 Å². The Kier molecular flexibility index (Phi) is 8.24. The topological polar surface area (TPSA) is 145 Å². The minimum absolute atomic E-state index is 0.0155. The van der Waals surface area contributed by atoms with Gasteiger partial charge in [0.05, 0.1) is 10.2 Å². The summed E-state index contributed by atoms with van der Waals surface area (Å²) in [5.74, 6) is 0.450. The Hall–Kier alpha value is -0.580. The number of hydrogen-bond acceptors (Lipinski definition) is 5. The predicted molar refractivity (Wildman–Crippen MR) is 68.4 cm³/mol. The number of phosphoric acid groups is 1. The number of aliphatic hydroxyl groups is 1. The minimum atomic E-state index is -4.64. The van der Waals surface area contributed by atoms with E-state index < -0.39 is 29.0 Å². The molecule has 0 heterocycles. The monoisotopic (exact) mass is 394 g/mol. The minimum Gasteiger partial charge on any atom is -0.507 e. The number of halogens is 1. The molecular weight excluding hydrogens is 382 g/mol. The van der Waals surface area contributed by atoms with E-state index in [0.717, 1.165) is 0 Å². The van der Waals surface area contributed by atoms with Crippen LogP contribution in [0.5, 0.6) is 11.5 Å². The maximum atomic E-state index is 10.5. The molecular formula is C8H12IO8P. The van der Waals surface area contributed by atoms with Crippen LogP contribution in [-0.2, 0) is 7.63 Å². The highest BCUT2D eigenvalue weighted by Gasteiger charge is 2.02. The average Bonchev–Trinajstić information content (AvgIpc) is 2.24. The summed E-state index contributed by atoms with van der Waals surface area (Å²) in [4.78, 5) is 21.6. The Morgan fingerprint density at radius 2 is 1.83 bits per heavy atom. The number of rotatable bonds is 4. The molecule has 5 N–H and O–H groups in total. The Morgan fingerprint density at radius 1 is 1.28 bits per heavy atom. The SMILES string of the molecule is O=Ic1ccc(OCCO)cc1O.O=P(O)(O)O. The number of phenolic OH excluding ortho intramolecular Hbond substituents is 1. The summed E-state index contributed by atoms with van der Waals surface area (Å²) in [6.07, 6.45) is 0. The molecule has 0 radical (unpaired) electrons. The smallest absolute Gasteiger partial charge is 0.466 e. The molecule has 104 valence electrons. The summed E-state index contributed by atoms with van der Waals surface area (Å²) in [6, 6.07) is 4.56. The van der Waals surface area contributed by atoms with Crippen LogP contribution in [-0.4, -0.2) is 38.1 Å². The average molecular weight is 394 g/mol. The van der Waals surface area contributed by atoms with Crippen molar-refractivity contribution in [2.75, 3.05) is 13.2 Å². The van der Waals surface area contributed by atoms with Crippen molar-refractivity contribution in [3.05, 3.63) is 21.8 Å². The van der Waals surface area contributed by atoms with Gasteiger partial charge in [-0.05, 0) is 12.1 Å². The molecule has 0 atom stereocenters. The fourth-order valence-electron chi connectivity index (χ4n) is 0.811. The molecule has 0 saturated heterocycles. The number of benzene rings is 1. The first-order valence-electron chi connectivity index (χ1n) is 4.40. The number of aliphatic hydroxyl groups excluding tert-OH is 1. The zero-order valence-electron chi connectivity index (χ0n) is 8.93. The third kappa shape index (κ3) is 9.45. The lowest BCUT2D eigenvalue weighted by molar-refractivity contribution is 0.201. The van der Waals surface area contributed by atoms with Crippen molar-refractivity contribution in [1.82, 2.24) is 0 Å². The van der Waals surface area contributed by atoms with Gasteiger partial charge in [-0.2, -0.15) is 0 Å². The number of ether oxygens (including phenoxy) is 1. The third-order valence-corrected chi connectivity index (χ3v) is 2.75. The molecule has 0 fully saturated rings. The van der Waals surface area contributed by atoms with Crippen LogP contribution in [0.1, 0.15) is 0 Å². The third-order valence-electron chi connectivity index (χ3n) is 1.36. The first-order valence-corrected chi connectivity index (χ1v) is 7.92. The van der Waals surface area contributed by atoms with E-state index in [1.807, 2.05) is 0 Å².